The van der Waals surface area contributed by atoms with Crippen molar-refractivity contribution in [2.75, 3.05) is 25.0 Å². The number of anilines is 1. The highest BCUT2D eigenvalue weighted by atomic mass is 32.2. The Balaban J connectivity index is 1.54. The Hall–Kier alpha value is -1.97. The van der Waals surface area contributed by atoms with Crippen LogP contribution >= 0.6 is 0 Å². The molecule has 2 saturated heterocycles. The molecular formula is C18H25N3O5S. The van der Waals surface area contributed by atoms with Gasteiger partial charge >= 0.3 is 0 Å². The molecule has 0 radical (unpaired) electrons. The molecule has 0 spiro atoms. The molecule has 0 bridgehead atoms. The second-order valence-electron chi connectivity index (χ2n) is 6.93. The van der Waals surface area contributed by atoms with Crippen molar-refractivity contribution in [1.82, 2.24) is 9.62 Å². The van der Waals surface area contributed by atoms with E-state index in [0.29, 0.717) is 38.2 Å². The van der Waals surface area contributed by atoms with Crippen molar-refractivity contribution in [3.05, 3.63) is 24.3 Å². The minimum absolute atomic E-state index is 0.0161. The first-order valence-corrected chi connectivity index (χ1v) is 10.6. The van der Waals surface area contributed by atoms with Crippen LogP contribution in [0.15, 0.2) is 29.2 Å². The standard InChI is InChI=1S/C18H25N3O5S/c1-13(22)19-14-4-6-16(7-5-14)27(24,25)20-15-8-10-21(11-9-15)18(23)17-3-2-12-26-17/h4-7,15,17,20H,2-3,8-12H2,1H3,(H,19,22). The number of hydrogen-bond acceptors (Lipinski definition) is 5. The van der Waals surface area contributed by atoms with Gasteiger partial charge in [0.2, 0.25) is 15.9 Å². The number of hydrogen-bond donors (Lipinski definition) is 2. The largest absolute Gasteiger partial charge is 0.368 e. The molecular weight excluding hydrogens is 370 g/mol. The molecule has 2 aliphatic rings. The summed E-state index contributed by atoms with van der Waals surface area (Å²) in [6, 6.07) is 5.82. The van der Waals surface area contributed by atoms with Gasteiger partial charge in [0.1, 0.15) is 6.10 Å². The van der Waals surface area contributed by atoms with E-state index in [1.807, 2.05) is 0 Å². The number of nitrogens with one attached hydrogen (secondary N) is 2. The van der Waals surface area contributed by atoms with Crippen molar-refractivity contribution in [2.45, 2.75) is 49.6 Å². The Bertz CT molecular complexity index is 780. The summed E-state index contributed by atoms with van der Waals surface area (Å²) in [6.45, 7) is 3.07. The van der Waals surface area contributed by atoms with E-state index in [1.165, 1.54) is 19.1 Å². The number of nitrogens with zero attached hydrogens (tertiary/aromatic N) is 1. The third kappa shape index (κ3) is 5.06. The summed E-state index contributed by atoms with van der Waals surface area (Å²) in [4.78, 5) is 25.3. The molecule has 2 heterocycles. The topological polar surface area (TPSA) is 105 Å². The quantitative estimate of drug-likeness (QED) is 0.777. The van der Waals surface area contributed by atoms with Crippen LogP contribution in [0.25, 0.3) is 0 Å². The third-order valence-electron chi connectivity index (χ3n) is 4.82. The van der Waals surface area contributed by atoms with Gasteiger partial charge in [-0.25, -0.2) is 13.1 Å². The monoisotopic (exact) mass is 395 g/mol. The van der Waals surface area contributed by atoms with Gasteiger partial charge in [0.25, 0.3) is 5.91 Å². The van der Waals surface area contributed by atoms with E-state index in [4.69, 9.17) is 4.74 Å². The van der Waals surface area contributed by atoms with Gasteiger partial charge in [-0.15, -0.1) is 0 Å². The first-order chi connectivity index (χ1) is 12.8. The lowest BCUT2D eigenvalue weighted by molar-refractivity contribution is -0.142. The zero-order valence-corrected chi connectivity index (χ0v) is 16.1. The summed E-state index contributed by atoms with van der Waals surface area (Å²) in [5.41, 5.74) is 0.544. The summed E-state index contributed by atoms with van der Waals surface area (Å²) in [7, 11) is -3.65. The summed E-state index contributed by atoms with van der Waals surface area (Å²) in [5, 5.41) is 2.60. The molecule has 0 aliphatic carbocycles. The molecule has 0 saturated carbocycles. The van der Waals surface area contributed by atoms with Crippen LogP contribution in [-0.4, -0.2) is 57.0 Å². The van der Waals surface area contributed by atoms with Crippen molar-refractivity contribution in [3.63, 3.8) is 0 Å². The lowest BCUT2D eigenvalue weighted by Gasteiger charge is -2.33. The van der Waals surface area contributed by atoms with Crippen LogP contribution in [0.3, 0.4) is 0 Å². The smallest absolute Gasteiger partial charge is 0.251 e. The molecule has 9 heteroatoms. The van der Waals surface area contributed by atoms with Crippen molar-refractivity contribution < 1.29 is 22.7 Å². The number of ether oxygens (including phenoxy) is 1. The van der Waals surface area contributed by atoms with Crippen LogP contribution in [-0.2, 0) is 24.3 Å². The molecule has 2 aliphatic heterocycles. The van der Waals surface area contributed by atoms with Gasteiger partial charge < -0.3 is 15.0 Å². The second-order valence-corrected chi connectivity index (χ2v) is 8.64. The molecule has 8 nitrogen and oxygen atoms in total. The highest BCUT2D eigenvalue weighted by Crippen LogP contribution is 2.20. The number of carbonyl (C=O) groups excluding carboxylic acids is 2. The first kappa shape index (κ1) is 19.8. The number of benzene rings is 1. The van der Waals surface area contributed by atoms with Crippen molar-refractivity contribution in [3.8, 4) is 0 Å². The molecule has 1 aromatic rings. The van der Waals surface area contributed by atoms with Crippen molar-refractivity contribution in [2.24, 2.45) is 0 Å². The normalized spacial score (nSPS) is 21.2. The molecule has 2 N–H and O–H groups in total. The minimum atomic E-state index is -3.65. The Kier molecular flexibility index (Phi) is 6.13. The molecule has 1 aromatic carbocycles. The van der Waals surface area contributed by atoms with Gasteiger partial charge in [-0.2, -0.15) is 0 Å². The number of likely N-dealkylation sites (tertiary alicyclic amines) is 1. The summed E-state index contributed by atoms with van der Waals surface area (Å²) in [6.07, 6.45) is 2.48. The van der Waals surface area contributed by atoms with Crippen LogP contribution in [0.5, 0.6) is 0 Å². The summed E-state index contributed by atoms with van der Waals surface area (Å²) < 4.78 is 33.3. The van der Waals surface area contributed by atoms with Crippen LogP contribution in [0, 0.1) is 0 Å². The number of piperidine rings is 1. The Morgan fingerprint density at radius 3 is 2.33 bits per heavy atom. The van der Waals surface area contributed by atoms with E-state index in [9.17, 15) is 18.0 Å². The molecule has 2 fully saturated rings. The van der Waals surface area contributed by atoms with Crippen LogP contribution in [0.1, 0.15) is 32.6 Å². The minimum Gasteiger partial charge on any atom is -0.368 e. The highest BCUT2D eigenvalue weighted by Gasteiger charge is 2.32. The van der Waals surface area contributed by atoms with E-state index in [2.05, 4.69) is 10.0 Å². The number of sulfonamides is 1. The predicted octanol–water partition coefficient (Wildman–Crippen LogP) is 1.09. The molecule has 2 amide bonds. The summed E-state index contributed by atoms with van der Waals surface area (Å²) >= 11 is 0. The predicted molar refractivity (Wildman–Crippen MR) is 99.6 cm³/mol. The van der Waals surface area contributed by atoms with E-state index in [1.54, 1.807) is 17.0 Å². The number of rotatable bonds is 5. The van der Waals surface area contributed by atoms with Crippen LogP contribution in [0.4, 0.5) is 5.69 Å². The van der Waals surface area contributed by atoms with Gasteiger partial charge in [-0.3, -0.25) is 9.59 Å². The lowest BCUT2D eigenvalue weighted by atomic mass is 10.1. The van der Waals surface area contributed by atoms with Gasteiger partial charge in [0.15, 0.2) is 0 Å². The molecule has 148 valence electrons. The molecule has 1 unspecified atom stereocenters. The van der Waals surface area contributed by atoms with Crippen molar-refractivity contribution in [1.29, 1.82) is 0 Å². The average Bonchev–Trinajstić information content (AvgIpc) is 3.16. The maximum Gasteiger partial charge on any atom is 0.251 e. The fraction of sp³-hybridized carbons (Fsp3) is 0.556. The first-order valence-electron chi connectivity index (χ1n) is 9.15. The van der Waals surface area contributed by atoms with Crippen molar-refractivity contribution >= 4 is 27.5 Å². The third-order valence-corrected chi connectivity index (χ3v) is 6.35. The van der Waals surface area contributed by atoms with Gasteiger partial charge in [0.05, 0.1) is 4.90 Å². The Labute approximate surface area is 159 Å². The lowest BCUT2D eigenvalue weighted by Crippen LogP contribution is -2.49. The van der Waals surface area contributed by atoms with Crippen LogP contribution in [0.2, 0.25) is 0 Å². The molecule has 3 rings (SSSR count). The SMILES string of the molecule is CC(=O)Nc1ccc(S(=O)(=O)NC2CCN(C(=O)C3CCCO3)CC2)cc1. The molecule has 0 aromatic heterocycles. The number of amides is 2. The number of carbonyl (C=O) groups is 2. The molecule has 27 heavy (non-hydrogen) atoms. The Morgan fingerprint density at radius 1 is 1.11 bits per heavy atom. The van der Waals surface area contributed by atoms with E-state index in [0.717, 1.165) is 12.8 Å². The van der Waals surface area contributed by atoms with E-state index < -0.39 is 10.0 Å². The Morgan fingerprint density at radius 2 is 1.78 bits per heavy atom. The average molecular weight is 395 g/mol. The van der Waals surface area contributed by atoms with Gasteiger partial charge in [0, 0.05) is 38.3 Å². The van der Waals surface area contributed by atoms with Crippen LogP contribution < -0.4 is 10.0 Å². The maximum atomic E-state index is 12.6. The fourth-order valence-corrected chi connectivity index (χ4v) is 4.71. The zero-order valence-electron chi connectivity index (χ0n) is 15.3. The summed E-state index contributed by atoms with van der Waals surface area (Å²) in [5.74, 6) is -0.199. The fourth-order valence-electron chi connectivity index (χ4n) is 3.40. The second kappa shape index (κ2) is 8.37. The zero-order chi connectivity index (χ0) is 19.4. The van der Waals surface area contributed by atoms with E-state index in [-0.39, 0.29) is 28.9 Å². The highest BCUT2D eigenvalue weighted by molar-refractivity contribution is 7.89. The molecule has 1 atom stereocenters. The van der Waals surface area contributed by atoms with Gasteiger partial charge in [-0.1, -0.05) is 0 Å². The maximum absolute atomic E-state index is 12.6. The van der Waals surface area contributed by atoms with Gasteiger partial charge in [-0.05, 0) is 49.9 Å². The van der Waals surface area contributed by atoms with E-state index >= 15 is 0 Å².